The number of nitrogens with one attached hydrogen (secondary N) is 1. The van der Waals surface area contributed by atoms with Gasteiger partial charge in [0, 0.05) is 6.54 Å². The topological polar surface area (TPSA) is 30.5 Å². The molecule has 98 valence electrons. The predicted octanol–water partition coefficient (Wildman–Crippen LogP) is 3.35. The molecule has 3 nitrogen and oxygen atoms in total. The Labute approximate surface area is 112 Å². The molecule has 1 heterocycles. The van der Waals surface area contributed by atoms with E-state index >= 15 is 0 Å². The van der Waals surface area contributed by atoms with Gasteiger partial charge in [-0.3, -0.25) is 0 Å². The largest absolute Gasteiger partial charge is 0.454 e. The van der Waals surface area contributed by atoms with Crippen LogP contribution in [0.15, 0.2) is 12.1 Å². The summed E-state index contributed by atoms with van der Waals surface area (Å²) in [4.78, 5) is 0. The van der Waals surface area contributed by atoms with Gasteiger partial charge in [0.15, 0.2) is 11.5 Å². The smallest absolute Gasteiger partial charge is 0.231 e. The number of ether oxygens (including phenoxy) is 2. The summed E-state index contributed by atoms with van der Waals surface area (Å²) in [6.45, 7) is 2.19. The lowest BCUT2D eigenvalue weighted by atomic mass is 9.83. The van der Waals surface area contributed by atoms with Gasteiger partial charge in [-0.15, -0.1) is 0 Å². The molecule has 3 rings (SSSR count). The second-order valence-corrected chi connectivity index (χ2v) is 5.48. The van der Waals surface area contributed by atoms with Crippen LogP contribution in [-0.4, -0.2) is 13.3 Å². The molecule has 1 fully saturated rings. The van der Waals surface area contributed by atoms with E-state index in [0.717, 1.165) is 30.3 Å². The van der Waals surface area contributed by atoms with Gasteiger partial charge in [0.25, 0.3) is 0 Å². The summed E-state index contributed by atoms with van der Waals surface area (Å²) >= 11 is 6.14. The van der Waals surface area contributed by atoms with Crippen LogP contribution >= 0.6 is 11.6 Å². The Balaban J connectivity index is 1.51. The molecule has 1 aliphatic heterocycles. The third kappa shape index (κ3) is 2.57. The highest BCUT2D eigenvalue weighted by Crippen LogP contribution is 2.39. The van der Waals surface area contributed by atoms with Crippen LogP contribution in [-0.2, 0) is 6.54 Å². The summed E-state index contributed by atoms with van der Waals surface area (Å²) < 4.78 is 10.6. The molecular weight excluding hydrogens is 250 g/mol. The van der Waals surface area contributed by atoms with Crippen LogP contribution in [0, 0.1) is 5.92 Å². The maximum absolute atomic E-state index is 6.14. The van der Waals surface area contributed by atoms with E-state index in [9.17, 15) is 0 Å². The Morgan fingerprint density at radius 3 is 2.94 bits per heavy atom. The Morgan fingerprint density at radius 1 is 1.28 bits per heavy atom. The van der Waals surface area contributed by atoms with Crippen molar-refractivity contribution in [1.82, 2.24) is 5.32 Å². The van der Waals surface area contributed by atoms with Crippen molar-refractivity contribution in [2.24, 2.45) is 5.92 Å². The Hall–Kier alpha value is -0.930. The molecule has 0 aromatic heterocycles. The minimum Gasteiger partial charge on any atom is -0.454 e. The summed E-state index contributed by atoms with van der Waals surface area (Å²) in [6.07, 6.45) is 5.54. The fourth-order valence-electron chi connectivity index (χ4n) is 2.44. The summed E-state index contributed by atoms with van der Waals surface area (Å²) in [7, 11) is 0. The van der Waals surface area contributed by atoms with Crippen LogP contribution in [0.25, 0.3) is 0 Å². The molecule has 1 N–H and O–H groups in total. The SMILES string of the molecule is Clc1cc(CNCCC2CCC2)cc2c1OCO2. The summed E-state index contributed by atoms with van der Waals surface area (Å²) in [5.41, 5.74) is 1.15. The molecule has 2 aliphatic rings. The molecule has 0 amide bonds. The highest BCUT2D eigenvalue weighted by atomic mass is 35.5. The average molecular weight is 268 g/mol. The van der Waals surface area contributed by atoms with Crippen LogP contribution in [0.1, 0.15) is 31.2 Å². The van der Waals surface area contributed by atoms with Crippen molar-refractivity contribution in [3.05, 3.63) is 22.7 Å². The molecule has 1 saturated carbocycles. The highest BCUT2D eigenvalue weighted by Gasteiger charge is 2.18. The van der Waals surface area contributed by atoms with Crippen molar-refractivity contribution in [3.63, 3.8) is 0 Å². The van der Waals surface area contributed by atoms with E-state index in [1.165, 1.54) is 25.7 Å². The summed E-state index contributed by atoms with van der Waals surface area (Å²) in [5, 5.41) is 4.10. The van der Waals surface area contributed by atoms with Gasteiger partial charge in [-0.25, -0.2) is 0 Å². The Bertz CT molecular complexity index is 432. The first kappa shape index (κ1) is 12.1. The van der Waals surface area contributed by atoms with E-state index < -0.39 is 0 Å². The van der Waals surface area contributed by atoms with E-state index in [0.29, 0.717) is 10.8 Å². The molecule has 4 heteroatoms. The molecule has 1 aromatic rings. The summed E-state index contributed by atoms with van der Waals surface area (Å²) in [5.74, 6) is 2.39. The van der Waals surface area contributed by atoms with Gasteiger partial charge in [-0.2, -0.15) is 0 Å². The molecule has 0 atom stereocenters. The van der Waals surface area contributed by atoms with E-state index in [-0.39, 0.29) is 6.79 Å². The first-order valence-corrected chi connectivity index (χ1v) is 6.99. The van der Waals surface area contributed by atoms with Crippen molar-refractivity contribution in [3.8, 4) is 11.5 Å². The van der Waals surface area contributed by atoms with Crippen LogP contribution in [0.2, 0.25) is 5.02 Å². The minimum atomic E-state index is 0.271. The van der Waals surface area contributed by atoms with Crippen molar-refractivity contribution in [2.45, 2.75) is 32.2 Å². The van der Waals surface area contributed by atoms with Gasteiger partial charge in [0.1, 0.15) is 0 Å². The van der Waals surface area contributed by atoms with Crippen molar-refractivity contribution < 1.29 is 9.47 Å². The molecular formula is C14H18ClNO2. The van der Waals surface area contributed by atoms with E-state index in [1.807, 2.05) is 12.1 Å². The molecule has 1 aliphatic carbocycles. The van der Waals surface area contributed by atoms with Crippen LogP contribution in [0.5, 0.6) is 11.5 Å². The maximum Gasteiger partial charge on any atom is 0.231 e. The molecule has 1 aromatic carbocycles. The summed E-state index contributed by atoms with van der Waals surface area (Å²) in [6, 6.07) is 3.95. The quantitative estimate of drug-likeness (QED) is 0.830. The van der Waals surface area contributed by atoms with E-state index in [2.05, 4.69) is 5.32 Å². The second-order valence-electron chi connectivity index (χ2n) is 5.07. The fourth-order valence-corrected chi connectivity index (χ4v) is 2.73. The van der Waals surface area contributed by atoms with Gasteiger partial charge in [-0.05, 0) is 36.6 Å². The zero-order chi connectivity index (χ0) is 12.4. The maximum atomic E-state index is 6.14. The molecule has 0 bridgehead atoms. The van der Waals surface area contributed by atoms with Crippen LogP contribution in [0.4, 0.5) is 0 Å². The molecule has 18 heavy (non-hydrogen) atoms. The normalized spacial score (nSPS) is 17.8. The zero-order valence-corrected chi connectivity index (χ0v) is 11.1. The van der Waals surface area contributed by atoms with Crippen LogP contribution in [0.3, 0.4) is 0 Å². The van der Waals surface area contributed by atoms with Gasteiger partial charge in [0.05, 0.1) is 5.02 Å². The lowest BCUT2D eigenvalue weighted by Gasteiger charge is -2.25. The predicted molar refractivity (Wildman–Crippen MR) is 71.2 cm³/mol. The van der Waals surface area contributed by atoms with Gasteiger partial charge < -0.3 is 14.8 Å². The number of benzene rings is 1. The highest BCUT2D eigenvalue weighted by molar-refractivity contribution is 6.32. The van der Waals surface area contributed by atoms with Gasteiger partial charge in [-0.1, -0.05) is 30.9 Å². The Morgan fingerprint density at radius 2 is 2.17 bits per heavy atom. The fraction of sp³-hybridized carbons (Fsp3) is 0.571. The number of fused-ring (bicyclic) bond motifs is 1. The second kappa shape index (κ2) is 5.37. The number of halogens is 1. The number of hydrogen-bond donors (Lipinski definition) is 1. The van der Waals surface area contributed by atoms with E-state index in [1.54, 1.807) is 0 Å². The first-order valence-electron chi connectivity index (χ1n) is 6.61. The zero-order valence-electron chi connectivity index (χ0n) is 10.4. The molecule has 0 spiro atoms. The lowest BCUT2D eigenvalue weighted by Crippen LogP contribution is -2.21. The molecule has 0 saturated heterocycles. The van der Waals surface area contributed by atoms with E-state index in [4.69, 9.17) is 21.1 Å². The van der Waals surface area contributed by atoms with Crippen molar-refractivity contribution >= 4 is 11.6 Å². The van der Waals surface area contributed by atoms with Crippen LogP contribution < -0.4 is 14.8 Å². The van der Waals surface area contributed by atoms with Crippen molar-refractivity contribution in [1.29, 1.82) is 0 Å². The Kier molecular flexibility index (Phi) is 3.62. The molecule has 0 unspecified atom stereocenters. The number of rotatable bonds is 5. The monoisotopic (exact) mass is 267 g/mol. The third-order valence-electron chi connectivity index (χ3n) is 3.77. The minimum absolute atomic E-state index is 0.271. The van der Waals surface area contributed by atoms with Gasteiger partial charge >= 0.3 is 0 Å². The lowest BCUT2D eigenvalue weighted by molar-refractivity contribution is 0.174. The van der Waals surface area contributed by atoms with Gasteiger partial charge in [0.2, 0.25) is 6.79 Å². The number of hydrogen-bond acceptors (Lipinski definition) is 3. The average Bonchev–Trinajstić information content (AvgIpc) is 2.75. The standard InChI is InChI=1S/C14H18ClNO2/c15-12-6-11(7-13-14(12)18-9-17-13)8-16-5-4-10-2-1-3-10/h6-7,10,16H,1-5,8-9H2. The third-order valence-corrected chi connectivity index (χ3v) is 4.05. The van der Waals surface area contributed by atoms with Crippen molar-refractivity contribution in [2.75, 3.05) is 13.3 Å². The molecule has 0 radical (unpaired) electrons. The first-order chi connectivity index (χ1) is 8.83.